The van der Waals surface area contributed by atoms with Crippen molar-refractivity contribution in [1.82, 2.24) is 4.57 Å². The van der Waals surface area contributed by atoms with Crippen LogP contribution in [0.15, 0.2) is 41.2 Å². The summed E-state index contributed by atoms with van der Waals surface area (Å²) in [7, 11) is -1.90. The average molecular weight is 434 g/mol. The highest BCUT2D eigenvalue weighted by molar-refractivity contribution is 7.92. The SMILES string of the molecule is Cc1ccc2c(c1)O[C@H](C(=O)Nc1ccc3c(c1)sc(=O)n3C)CN2S(C)(=O)=O. The van der Waals surface area contributed by atoms with Crippen molar-refractivity contribution in [3.05, 3.63) is 51.6 Å². The number of thiazole rings is 1. The van der Waals surface area contributed by atoms with Crippen molar-refractivity contribution in [3.8, 4) is 5.75 Å². The van der Waals surface area contributed by atoms with Crippen LogP contribution in [-0.4, -0.2) is 37.8 Å². The van der Waals surface area contributed by atoms with Gasteiger partial charge in [0.05, 0.1) is 28.7 Å². The third kappa shape index (κ3) is 3.60. The van der Waals surface area contributed by atoms with Crippen LogP contribution in [0.25, 0.3) is 10.2 Å². The molecule has 152 valence electrons. The second-order valence-electron chi connectivity index (χ2n) is 6.97. The summed E-state index contributed by atoms with van der Waals surface area (Å²) in [6.45, 7) is 1.74. The van der Waals surface area contributed by atoms with E-state index < -0.39 is 22.0 Å². The quantitative estimate of drug-likeness (QED) is 0.682. The number of ether oxygens (including phenoxy) is 1. The Balaban J connectivity index is 1.63. The van der Waals surface area contributed by atoms with Gasteiger partial charge in [-0.3, -0.25) is 13.9 Å². The van der Waals surface area contributed by atoms with Crippen molar-refractivity contribution in [2.45, 2.75) is 13.0 Å². The maximum absolute atomic E-state index is 12.8. The lowest BCUT2D eigenvalue weighted by molar-refractivity contribution is -0.122. The molecule has 2 aromatic carbocycles. The number of hydrogen-bond acceptors (Lipinski definition) is 6. The molecule has 10 heteroatoms. The molecule has 3 aromatic rings. The van der Waals surface area contributed by atoms with E-state index in [4.69, 9.17) is 4.74 Å². The highest BCUT2D eigenvalue weighted by atomic mass is 32.2. The Hall–Kier alpha value is -2.85. The zero-order valence-corrected chi connectivity index (χ0v) is 17.6. The van der Waals surface area contributed by atoms with Crippen LogP contribution in [0.3, 0.4) is 0 Å². The van der Waals surface area contributed by atoms with Crippen LogP contribution < -0.4 is 19.2 Å². The standard InChI is InChI=1S/C19H19N3O5S2/c1-11-4-6-13-15(8-11)27-16(10-22(13)29(3,25)26)18(23)20-12-5-7-14-17(9-12)28-19(24)21(14)2/h4-9,16H,10H2,1-3H3,(H,20,23)/t16-/m0/s1. The summed E-state index contributed by atoms with van der Waals surface area (Å²) in [5.41, 5.74) is 2.59. The molecule has 29 heavy (non-hydrogen) atoms. The van der Waals surface area contributed by atoms with Crippen LogP contribution in [0, 0.1) is 6.92 Å². The molecule has 0 saturated carbocycles. The largest absolute Gasteiger partial charge is 0.476 e. The first-order valence-electron chi connectivity index (χ1n) is 8.79. The van der Waals surface area contributed by atoms with Gasteiger partial charge in [-0.1, -0.05) is 17.4 Å². The van der Waals surface area contributed by atoms with Crippen molar-refractivity contribution < 1.29 is 17.9 Å². The minimum absolute atomic E-state index is 0.0881. The van der Waals surface area contributed by atoms with Crippen LogP contribution in [0.1, 0.15) is 5.56 Å². The summed E-state index contributed by atoms with van der Waals surface area (Å²) in [6.07, 6.45) is 0.0894. The van der Waals surface area contributed by atoms with Gasteiger partial charge in [-0.15, -0.1) is 0 Å². The molecule has 0 bridgehead atoms. The monoisotopic (exact) mass is 433 g/mol. The number of nitrogens with one attached hydrogen (secondary N) is 1. The third-order valence-corrected chi connectivity index (χ3v) is 6.88. The molecule has 0 unspecified atom stereocenters. The Morgan fingerprint density at radius 3 is 2.72 bits per heavy atom. The first-order valence-corrected chi connectivity index (χ1v) is 11.5. The zero-order valence-electron chi connectivity index (χ0n) is 16.0. The lowest BCUT2D eigenvalue weighted by Gasteiger charge is -2.34. The van der Waals surface area contributed by atoms with Gasteiger partial charge in [0.2, 0.25) is 10.0 Å². The van der Waals surface area contributed by atoms with Crippen molar-refractivity contribution in [1.29, 1.82) is 0 Å². The fraction of sp³-hybridized carbons (Fsp3) is 0.263. The topological polar surface area (TPSA) is 97.7 Å². The van der Waals surface area contributed by atoms with Crippen molar-refractivity contribution in [2.75, 3.05) is 22.4 Å². The molecular formula is C19H19N3O5S2. The van der Waals surface area contributed by atoms with Gasteiger partial charge in [0.15, 0.2) is 6.10 Å². The summed E-state index contributed by atoms with van der Waals surface area (Å²) in [4.78, 5) is 24.5. The van der Waals surface area contributed by atoms with E-state index in [0.29, 0.717) is 17.1 Å². The Bertz CT molecular complexity index is 1290. The molecule has 8 nitrogen and oxygen atoms in total. The number of aromatic nitrogens is 1. The molecule has 1 aliphatic rings. The molecule has 1 N–H and O–H groups in total. The van der Waals surface area contributed by atoms with Gasteiger partial charge in [0, 0.05) is 12.7 Å². The van der Waals surface area contributed by atoms with Crippen LogP contribution >= 0.6 is 11.3 Å². The van der Waals surface area contributed by atoms with Gasteiger partial charge in [-0.2, -0.15) is 0 Å². The number of rotatable bonds is 3. The fourth-order valence-corrected chi connectivity index (χ4v) is 5.08. The number of carbonyl (C=O) groups is 1. The highest BCUT2D eigenvalue weighted by Crippen LogP contribution is 2.36. The molecule has 1 atom stereocenters. The molecule has 0 aliphatic carbocycles. The number of fused-ring (bicyclic) bond motifs is 2. The minimum atomic E-state index is -3.58. The molecule has 0 spiro atoms. The smallest absolute Gasteiger partial charge is 0.307 e. The van der Waals surface area contributed by atoms with Crippen molar-refractivity contribution in [3.63, 3.8) is 0 Å². The first-order chi connectivity index (χ1) is 13.6. The number of anilines is 2. The molecule has 0 saturated heterocycles. The van der Waals surface area contributed by atoms with Crippen molar-refractivity contribution in [2.24, 2.45) is 7.05 Å². The first kappa shape index (κ1) is 19.5. The van der Waals surface area contributed by atoms with Crippen molar-refractivity contribution >= 4 is 48.9 Å². The summed E-state index contributed by atoms with van der Waals surface area (Å²) >= 11 is 1.09. The van der Waals surface area contributed by atoms with Crippen LogP contribution in [0.5, 0.6) is 5.75 Å². The molecule has 1 amide bonds. The second kappa shape index (κ2) is 6.89. The van der Waals surface area contributed by atoms with E-state index in [2.05, 4.69) is 5.32 Å². The maximum Gasteiger partial charge on any atom is 0.307 e. The van der Waals surface area contributed by atoms with Crippen LogP contribution in [0.4, 0.5) is 11.4 Å². The van der Waals surface area contributed by atoms with Gasteiger partial charge in [-0.25, -0.2) is 8.42 Å². The number of hydrogen-bond donors (Lipinski definition) is 1. The average Bonchev–Trinajstić information content (AvgIpc) is 2.93. The molecule has 2 heterocycles. The Kier molecular flexibility index (Phi) is 4.62. The second-order valence-corrected chi connectivity index (χ2v) is 9.87. The van der Waals surface area contributed by atoms with Crippen LogP contribution in [-0.2, 0) is 21.9 Å². The van der Waals surface area contributed by atoms with E-state index in [-0.39, 0.29) is 11.4 Å². The summed E-state index contributed by atoms with van der Waals surface area (Å²) in [5.74, 6) is -0.119. The maximum atomic E-state index is 12.8. The van der Waals surface area contributed by atoms with E-state index in [1.165, 1.54) is 4.31 Å². The third-order valence-electron chi connectivity index (χ3n) is 4.74. The Labute approximate surface area is 171 Å². The highest BCUT2D eigenvalue weighted by Gasteiger charge is 2.35. The van der Waals surface area contributed by atoms with E-state index >= 15 is 0 Å². The summed E-state index contributed by atoms with van der Waals surface area (Å²) in [5, 5.41) is 2.76. The lowest BCUT2D eigenvalue weighted by Crippen LogP contribution is -2.48. The van der Waals surface area contributed by atoms with Gasteiger partial charge >= 0.3 is 4.87 Å². The molecule has 4 rings (SSSR count). The number of aryl methyl sites for hydroxylation is 2. The zero-order chi connectivity index (χ0) is 20.9. The van der Waals surface area contributed by atoms with Gasteiger partial charge in [0.1, 0.15) is 5.75 Å². The molecule has 1 aromatic heterocycles. The van der Waals surface area contributed by atoms with E-state index in [1.54, 1.807) is 48.0 Å². The van der Waals surface area contributed by atoms with E-state index in [1.807, 2.05) is 6.92 Å². The van der Waals surface area contributed by atoms with E-state index in [9.17, 15) is 18.0 Å². The predicted molar refractivity (Wildman–Crippen MR) is 113 cm³/mol. The Morgan fingerprint density at radius 2 is 2.00 bits per heavy atom. The fourth-order valence-electron chi connectivity index (χ4n) is 3.25. The molecule has 0 radical (unpaired) electrons. The van der Waals surface area contributed by atoms with Gasteiger partial charge in [-0.05, 0) is 42.8 Å². The number of benzene rings is 2. The van der Waals surface area contributed by atoms with E-state index in [0.717, 1.165) is 33.4 Å². The predicted octanol–water partition coefficient (Wildman–Crippen LogP) is 2.07. The minimum Gasteiger partial charge on any atom is -0.476 e. The number of carbonyl (C=O) groups excluding carboxylic acids is 1. The molecular weight excluding hydrogens is 414 g/mol. The number of nitrogens with zero attached hydrogens (tertiary/aromatic N) is 2. The Morgan fingerprint density at radius 1 is 1.24 bits per heavy atom. The van der Waals surface area contributed by atoms with Crippen LogP contribution in [0.2, 0.25) is 0 Å². The van der Waals surface area contributed by atoms with Gasteiger partial charge < -0.3 is 14.6 Å². The number of sulfonamides is 1. The molecule has 1 aliphatic heterocycles. The summed E-state index contributed by atoms with van der Waals surface area (Å²) in [6, 6.07) is 10.3. The summed E-state index contributed by atoms with van der Waals surface area (Å²) < 4.78 is 33.8. The normalized spacial score (nSPS) is 16.4. The lowest BCUT2D eigenvalue weighted by atomic mass is 10.1. The number of amides is 1. The van der Waals surface area contributed by atoms with Gasteiger partial charge in [0.25, 0.3) is 5.91 Å². The molecule has 0 fully saturated rings.